The molecule has 0 radical (unpaired) electrons. The average Bonchev–Trinajstić information content (AvgIpc) is 2.69. The van der Waals surface area contributed by atoms with Crippen LogP contribution in [0.1, 0.15) is 93.9 Å². The largest absolute Gasteiger partial charge is 0.419 e. The van der Waals surface area contributed by atoms with E-state index in [0.717, 1.165) is 19.3 Å². The molecule has 0 spiro atoms. The molecule has 29 heavy (non-hydrogen) atoms. The summed E-state index contributed by atoms with van der Waals surface area (Å²) in [4.78, 5) is 0. The van der Waals surface area contributed by atoms with Crippen LogP contribution in [-0.2, 0) is 15.7 Å². The van der Waals surface area contributed by atoms with Crippen LogP contribution in [0.5, 0.6) is 0 Å². The minimum absolute atomic E-state index is 0.0547. The Kier molecular flexibility index (Phi) is 7.60. The maximum Gasteiger partial charge on any atom is 0.419 e. The molecule has 2 nitrogen and oxygen atoms in total. The predicted molar refractivity (Wildman–Crippen MR) is 104 cm³/mol. The summed E-state index contributed by atoms with van der Waals surface area (Å²) < 4.78 is 68.2. The lowest BCUT2D eigenvalue weighted by Crippen LogP contribution is -2.25. The number of benzene rings is 1. The zero-order valence-corrected chi connectivity index (χ0v) is 17.4. The summed E-state index contributed by atoms with van der Waals surface area (Å²) in [7, 11) is 0. The highest BCUT2D eigenvalue weighted by molar-refractivity contribution is 5.39. The summed E-state index contributed by atoms with van der Waals surface area (Å²) in [6, 6.07) is 3.02. The zero-order valence-electron chi connectivity index (χ0n) is 17.4. The van der Waals surface area contributed by atoms with Gasteiger partial charge in [0, 0.05) is 12.2 Å². The molecule has 2 unspecified atom stereocenters. The normalized spacial score (nSPS) is 28.5. The van der Waals surface area contributed by atoms with Gasteiger partial charge >= 0.3 is 6.18 Å². The van der Waals surface area contributed by atoms with E-state index in [1.54, 1.807) is 0 Å². The average molecular weight is 416 g/mol. The standard InChI is InChI=1S/C23H32F4O2/c1-3-5-15-6-13-20(29-14-15)19-12-11-18(21(22(19)24)23(25,26)27)16-7-9-17(10-8-16)28-4-2/h11-12,15-17,20H,3-10,13-14H2,1-2H3. The molecule has 2 fully saturated rings. The zero-order chi connectivity index (χ0) is 21.0. The molecule has 1 aromatic rings. The fourth-order valence-electron chi connectivity index (χ4n) is 4.95. The van der Waals surface area contributed by atoms with Gasteiger partial charge in [0.1, 0.15) is 5.82 Å². The highest BCUT2D eigenvalue weighted by Gasteiger charge is 2.41. The van der Waals surface area contributed by atoms with Gasteiger partial charge in [0.25, 0.3) is 0 Å². The van der Waals surface area contributed by atoms with Gasteiger partial charge in [0.15, 0.2) is 0 Å². The molecule has 0 N–H and O–H groups in total. The van der Waals surface area contributed by atoms with Crippen molar-refractivity contribution < 1.29 is 27.0 Å². The van der Waals surface area contributed by atoms with E-state index in [4.69, 9.17) is 9.47 Å². The molecule has 1 aromatic carbocycles. The number of alkyl halides is 3. The Bertz CT molecular complexity index is 658. The summed E-state index contributed by atoms with van der Waals surface area (Å²) in [5.74, 6) is -1.00. The van der Waals surface area contributed by atoms with Crippen LogP contribution < -0.4 is 0 Å². The molecule has 0 amide bonds. The Hall–Kier alpha value is -1.14. The fourth-order valence-corrected chi connectivity index (χ4v) is 4.95. The molecule has 1 saturated heterocycles. The Labute approximate surface area is 171 Å². The first-order valence-corrected chi connectivity index (χ1v) is 11.0. The van der Waals surface area contributed by atoms with Gasteiger partial charge in [-0.25, -0.2) is 4.39 Å². The van der Waals surface area contributed by atoms with Gasteiger partial charge in [-0.3, -0.25) is 0 Å². The predicted octanol–water partition coefficient (Wildman–Crippen LogP) is 7.18. The second-order valence-electron chi connectivity index (χ2n) is 8.41. The number of halogens is 4. The smallest absolute Gasteiger partial charge is 0.379 e. The molecule has 164 valence electrons. The van der Waals surface area contributed by atoms with Crippen molar-refractivity contribution in [1.82, 2.24) is 0 Å². The first-order chi connectivity index (χ1) is 13.8. The van der Waals surface area contributed by atoms with Gasteiger partial charge in [-0.05, 0) is 69.3 Å². The van der Waals surface area contributed by atoms with E-state index in [2.05, 4.69) is 6.92 Å². The molecule has 0 bridgehead atoms. The molecular weight excluding hydrogens is 384 g/mol. The fraction of sp³-hybridized carbons (Fsp3) is 0.739. The molecule has 0 aromatic heterocycles. The summed E-state index contributed by atoms with van der Waals surface area (Å²) in [5.41, 5.74) is -0.943. The van der Waals surface area contributed by atoms with Crippen LogP contribution in [0.15, 0.2) is 12.1 Å². The van der Waals surface area contributed by atoms with Crippen LogP contribution in [0.25, 0.3) is 0 Å². The second-order valence-corrected chi connectivity index (χ2v) is 8.41. The maximum absolute atomic E-state index is 15.2. The van der Waals surface area contributed by atoms with Crippen LogP contribution in [0.4, 0.5) is 17.6 Å². The number of hydrogen-bond acceptors (Lipinski definition) is 2. The third-order valence-corrected chi connectivity index (χ3v) is 6.42. The van der Waals surface area contributed by atoms with E-state index in [-0.39, 0.29) is 23.1 Å². The summed E-state index contributed by atoms with van der Waals surface area (Å²) >= 11 is 0. The Balaban J connectivity index is 1.82. The van der Waals surface area contributed by atoms with E-state index >= 15 is 4.39 Å². The molecule has 2 atom stereocenters. The van der Waals surface area contributed by atoms with Crippen molar-refractivity contribution in [3.63, 3.8) is 0 Å². The molecule has 1 aliphatic carbocycles. The molecule has 1 heterocycles. The summed E-state index contributed by atoms with van der Waals surface area (Å²) in [6.07, 6.45) is 0.904. The van der Waals surface area contributed by atoms with Gasteiger partial charge in [-0.1, -0.05) is 25.5 Å². The Morgan fingerprint density at radius 2 is 1.69 bits per heavy atom. The first kappa shape index (κ1) is 22.5. The van der Waals surface area contributed by atoms with E-state index in [0.29, 0.717) is 51.2 Å². The molecular formula is C23H32F4O2. The van der Waals surface area contributed by atoms with Gasteiger partial charge in [-0.2, -0.15) is 13.2 Å². The van der Waals surface area contributed by atoms with Crippen molar-refractivity contribution in [1.29, 1.82) is 0 Å². The van der Waals surface area contributed by atoms with E-state index in [1.807, 2.05) is 6.92 Å². The number of ether oxygens (including phenoxy) is 2. The van der Waals surface area contributed by atoms with Gasteiger partial charge in [0.05, 0.1) is 24.4 Å². The SMILES string of the molecule is CCCC1CCC(c2ccc(C3CCC(OCC)CC3)c(C(F)(F)F)c2F)OC1. The third kappa shape index (κ3) is 5.32. The van der Waals surface area contributed by atoms with Crippen molar-refractivity contribution in [2.45, 2.75) is 89.5 Å². The van der Waals surface area contributed by atoms with Crippen LogP contribution in [-0.4, -0.2) is 19.3 Å². The molecule has 1 saturated carbocycles. The van der Waals surface area contributed by atoms with E-state index in [1.165, 1.54) is 12.1 Å². The summed E-state index contributed by atoms with van der Waals surface area (Å²) in [6.45, 7) is 5.11. The van der Waals surface area contributed by atoms with Gasteiger partial charge in [0.2, 0.25) is 0 Å². The third-order valence-electron chi connectivity index (χ3n) is 6.42. The first-order valence-electron chi connectivity index (χ1n) is 11.0. The summed E-state index contributed by atoms with van der Waals surface area (Å²) in [5, 5.41) is 0. The highest BCUT2D eigenvalue weighted by atomic mass is 19.4. The quantitative estimate of drug-likeness (QED) is 0.458. The topological polar surface area (TPSA) is 18.5 Å². The lowest BCUT2D eigenvalue weighted by molar-refractivity contribution is -0.141. The number of hydrogen-bond donors (Lipinski definition) is 0. The lowest BCUT2D eigenvalue weighted by Gasteiger charge is -2.32. The Morgan fingerprint density at radius 3 is 2.24 bits per heavy atom. The van der Waals surface area contributed by atoms with Crippen molar-refractivity contribution in [3.8, 4) is 0 Å². The maximum atomic E-state index is 15.2. The monoisotopic (exact) mass is 416 g/mol. The lowest BCUT2D eigenvalue weighted by atomic mass is 9.79. The van der Waals surface area contributed by atoms with Crippen molar-refractivity contribution in [2.75, 3.05) is 13.2 Å². The van der Waals surface area contributed by atoms with Crippen LogP contribution in [0, 0.1) is 11.7 Å². The molecule has 1 aliphatic heterocycles. The molecule has 3 rings (SSSR count). The van der Waals surface area contributed by atoms with Gasteiger partial charge in [-0.15, -0.1) is 0 Å². The molecule has 2 aliphatic rings. The van der Waals surface area contributed by atoms with Crippen LogP contribution in [0.3, 0.4) is 0 Å². The minimum atomic E-state index is -4.72. The van der Waals surface area contributed by atoms with Crippen molar-refractivity contribution >= 4 is 0 Å². The van der Waals surface area contributed by atoms with Crippen LogP contribution in [0.2, 0.25) is 0 Å². The molecule has 6 heteroatoms. The van der Waals surface area contributed by atoms with Crippen LogP contribution >= 0.6 is 0 Å². The van der Waals surface area contributed by atoms with Gasteiger partial charge < -0.3 is 9.47 Å². The second kappa shape index (κ2) is 9.78. The number of rotatable bonds is 6. The van der Waals surface area contributed by atoms with E-state index in [9.17, 15) is 13.2 Å². The van der Waals surface area contributed by atoms with E-state index < -0.39 is 23.7 Å². The van der Waals surface area contributed by atoms with Crippen molar-refractivity contribution in [3.05, 3.63) is 34.6 Å². The van der Waals surface area contributed by atoms with Crippen molar-refractivity contribution in [2.24, 2.45) is 5.92 Å². The Morgan fingerprint density at radius 1 is 1.00 bits per heavy atom. The highest BCUT2D eigenvalue weighted by Crippen LogP contribution is 2.45. The minimum Gasteiger partial charge on any atom is -0.379 e.